The zero-order valence-corrected chi connectivity index (χ0v) is 21.2. The molecule has 2 aromatic rings. The number of carboxylic acid groups (broad SMARTS) is 1. The summed E-state index contributed by atoms with van der Waals surface area (Å²) in [6.07, 6.45) is -0.100. The van der Waals surface area contributed by atoms with E-state index in [-0.39, 0.29) is 24.7 Å². The molecule has 2 fully saturated rings. The summed E-state index contributed by atoms with van der Waals surface area (Å²) in [5, 5.41) is 15.0. The Morgan fingerprint density at radius 2 is 1.94 bits per heavy atom. The summed E-state index contributed by atoms with van der Waals surface area (Å²) in [6, 6.07) is 1.92. The minimum Gasteiger partial charge on any atom is -0.481 e. The van der Waals surface area contributed by atoms with Gasteiger partial charge in [0.05, 0.1) is 17.0 Å². The Hall–Kier alpha value is -2.32. The molecule has 1 saturated carbocycles. The van der Waals surface area contributed by atoms with Crippen molar-refractivity contribution >= 4 is 17.4 Å². The van der Waals surface area contributed by atoms with Gasteiger partial charge in [0.25, 0.3) is 0 Å². The molecule has 0 spiro atoms. The van der Waals surface area contributed by atoms with E-state index in [0.29, 0.717) is 37.9 Å². The zero-order valence-electron chi connectivity index (χ0n) is 21.2. The number of aryl methyl sites for hydroxylation is 1. The van der Waals surface area contributed by atoms with E-state index in [1.807, 2.05) is 24.4 Å². The van der Waals surface area contributed by atoms with E-state index in [4.69, 9.17) is 10.1 Å². The van der Waals surface area contributed by atoms with Gasteiger partial charge in [-0.05, 0) is 57.8 Å². The summed E-state index contributed by atoms with van der Waals surface area (Å²) in [4.78, 5) is 19.3. The van der Waals surface area contributed by atoms with Crippen LogP contribution in [-0.2, 0) is 4.79 Å². The molecule has 0 aromatic carbocycles. The Kier molecular flexibility index (Phi) is 7.08. The molecule has 1 atom stereocenters. The van der Waals surface area contributed by atoms with Crippen molar-refractivity contribution in [2.75, 3.05) is 18.0 Å². The number of aromatic nitrogens is 3. The van der Waals surface area contributed by atoms with Crippen LogP contribution >= 0.6 is 0 Å². The lowest BCUT2D eigenvalue weighted by molar-refractivity contribution is -0.182. The third kappa shape index (κ3) is 4.87. The van der Waals surface area contributed by atoms with Crippen molar-refractivity contribution in [3.63, 3.8) is 0 Å². The van der Waals surface area contributed by atoms with E-state index >= 15 is 0 Å². The fraction of sp³-hybridized carbons (Fsp3) is 0.731. The Bertz CT molecular complexity index is 1070. The van der Waals surface area contributed by atoms with Crippen molar-refractivity contribution in [2.45, 2.75) is 97.1 Å². The first-order valence-corrected chi connectivity index (χ1v) is 12.9. The number of hydrogen-bond donors (Lipinski definition) is 1. The van der Waals surface area contributed by atoms with Crippen LogP contribution in [0.2, 0.25) is 0 Å². The number of anilines is 1. The number of hydrogen-bond acceptors (Lipinski definition) is 4. The van der Waals surface area contributed by atoms with E-state index < -0.39 is 23.5 Å². The van der Waals surface area contributed by atoms with Gasteiger partial charge in [-0.1, -0.05) is 27.2 Å². The number of halogens is 3. The lowest BCUT2D eigenvalue weighted by Crippen LogP contribution is -2.49. The fourth-order valence-electron chi connectivity index (χ4n) is 6.31. The molecule has 1 N–H and O–H groups in total. The number of nitrogens with zero attached hydrogens (tertiary/aromatic N) is 4. The van der Waals surface area contributed by atoms with E-state index in [9.17, 15) is 23.1 Å². The third-order valence-corrected chi connectivity index (χ3v) is 8.07. The average Bonchev–Trinajstić information content (AvgIpc) is 3.21. The Balaban J connectivity index is 1.74. The second-order valence-electron chi connectivity index (χ2n) is 10.9. The number of carbonyl (C=O) groups is 1. The summed E-state index contributed by atoms with van der Waals surface area (Å²) in [5.41, 5.74) is 2.60. The molecule has 1 unspecified atom stereocenters. The molecule has 1 aliphatic carbocycles. The third-order valence-electron chi connectivity index (χ3n) is 8.07. The highest BCUT2D eigenvalue weighted by Crippen LogP contribution is 2.44. The van der Waals surface area contributed by atoms with Gasteiger partial charge in [-0.15, -0.1) is 0 Å². The molecule has 1 saturated heterocycles. The van der Waals surface area contributed by atoms with Crippen molar-refractivity contribution < 1.29 is 23.1 Å². The number of alkyl halides is 3. The molecular weight excluding hydrogens is 457 g/mol. The van der Waals surface area contributed by atoms with Gasteiger partial charge in [0.1, 0.15) is 5.82 Å². The first kappa shape index (κ1) is 25.8. The van der Waals surface area contributed by atoms with Crippen molar-refractivity contribution in [3.8, 4) is 0 Å². The van der Waals surface area contributed by atoms with Crippen molar-refractivity contribution in [1.29, 1.82) is 0 Å². The largest absolute Gasteiger partial charge is 0.481 e. The Morgan fingerprint density at radius 3 is 2.51 bits per heavy atom. The monoisotopic (exact) mass is 494 g/mol. The van der Waals surface area contributed by atoms with Gasteiger partial charge in [0.15, 0.2) is 5.65 Å². The molecule has 4 rings (SSSR count). The summed E-state index contributed by atoms with van der Waals surface area (Å²) >= 11 is 0. The minimum atomic E-state index is -4.13. The van der Waals surface area contributed by atoms with E-state index in [1.165, 1.54) is 0 Å². The van der Waals surface area contributed by atoms with Crippen LogP contribution in [0.4, 0.5) is 19.0 Å². The highest BCUT2D eigenvalue weighted by Gasteiger charge is 2.44. The molecule has 0 bridgehead atoms. The lowest BCUT2D eigenvalue weighted by Gasteiger charge is -2.42. The maximum Gasteiger partial charge on any atom is 0.391 e. The van der Waals surface area contributed by atoms with Crippen LogP contribution in [0.3, 0.4) is 0 Å². The summed E-state index contributed by atoms with van der Waals surface area (Å²) in [5.74, 6) is -0.955. The summed E-state index contributed by atoms with van der Waals surface area (Å²) in [7, 11) is 0. The van der Waals surface area contributed by atoms with Gasteiger partial charge in [0.2, 0.25) is 0 Å². The standard InChI is InChI=1S/C26H37F3N4O2/c1-5-11-25(24(34)35)12-6-13-32(15-25)23-22(16(2)3)17(4)30-21-14-20(31-33(21)23)18-7-9-19(10-8-18)26(27,28)29/h14,16,18-19H,5-13,15H2,1-4H3,(H,34,35). The smallest absolute Gasteiger partial charge is 0.391 e. The molecule has 3 heterocycles. The maximum atomic E-state index is 13.2. The maximum absolute atomic E-state index is 13.2. The molecule has 0 radical (unpaired) electrons. The number of aliphatic carboxylic acids is 1. The molecule has 9 heteroatoms. The molecular formula is C26H37F3N4O2. The number of carboxylic acids is 1. The predicted molar refractivity (Wildman–Crippen MR) is 129 cm³/mol. The fourth-order valence-corrected chi connectivity index (χ4v) is 6.31. The zero-order chi connectivity index (χ0) is 25.5. The second-order valence-corrected chi connectivity index (χ2v) is 10.9. The molecule has 2 aliphatic rings. The van der Waals surface area contributed by atoms with Crippen LogP contribution in [0.25, 0.3) is 5.65 Å². The normalized spacial score (nSPS) is 26.0. The molecule has 194 valence electrons. The Labute approximate surface area is 204 Å². The van der Waals surface area contributed by atoms with Gasteiger partial charge < -0.3 is 10.0 Å². The van der Waals surface area contributed by atoms with Crippen LogP contribution in [0, 0.1) is 18.3 Å². The number of piperidine rings is 1. The summed E-state index contributed by atoms with van der Waals surface area (Å²) < 4.78 is 41.3. The molecule has 2 aromatic heterocycles. The van der Waals surface area contributed by atoms with Crippen molar-refractivity contribution in [1.82, 2.24) is 14.6 Å². The molecule has 6 nitrogen and oxygen atoms in total. The van der Waals surface area contributed by atoms with E-state index in [2.05, 4.69) is 18.7 Å². The number of fused-ring (bicyclic) bond motifs is 1. The van der Waals surface area contributed by atoms with Gasteiger partial charge >= 0.3 is 12.1 Å². The highest BCUT2D eigenvalue weighted by molar-refractivity contribution is 5.76. The molecule has 1 aliphatic heterocycles. The number of rotatable bonds is 6. The van der Waals surface area contributed by atoms with Gasteiger partial charge in [-0.3, -0.25) is 4.79 Å². The second kappa shape index (κ2) is 9.62. The molecule has 35 heavy (non-hydrogen) atoms. The van der Waals surface area contributed by atoms with Crippen molar-refractivity contribution in [3.05, 3.63) is 23.0 Å². The minimum absolute atomic E-state index is 0.0227. The topological polar surface area (TPSA) is 70.7 Å². The lowest BCUT2D eigenvalue weighted by atomic mass is 9.76. The molecule has 0 amide bonds. The van der Waals surface area contributed by atoms with Crippen LogP contribution in [0.15, 0.2) is 6.07 Å². The quantitative estimate of drug-likeness (QED) is 0.498. The Morgan fingerprint density at radius 1 is 1.26 bits per heavy atom. The van der Waals surface area contributed by atoms with Crippen LogP contribution in [0.1, 0.15) is 101 Å². The average molecular weight is 495 g/mol. The van der Waals surface area contributed by atoms with Gasteiger partial charge in [0, 0.05) is 36.3 Å². The van der Waals surface area contributed by atoms with E-state index in [1.54, 1.807) is 0 Å². The first-order chi connectivity index (χ1) is 16.5. The predicted octanol–water partition coefficient (Wildman–Crippen LogP) is 6.47. The van der Waals surface area contributed by atoms with Gasteiger partial charge in [-0.2, -0.15) is 22.8 Å². The van der Waals surface area contributed by atoms with E-state index in [0.717, 1.165) is 42.2 Å². The first-order valence-electron chi connectivity index (χ1n) is 12.9. The van der Waals surface area contributed by atoms with Crippen molar-refractivity contribution in [2.24, 2.45) is 11.3 Å². The SMILES string of the molecule is CCCC1(C(=O)O)CCCN(c2c(C(C)C)c(C)nc3cc(C4CCC(C(F)(F)F)CC4)nn23)C1. The van der Waals surface area contributed by atoms with Crippen LogP contribution in [0.5, 0.6) is 0 Å². The van der Waals surface area contributed by atoms with Gasteiger partial charge in [-0.25, -0.2) is 4.98 Å². The summed E-state index contributed by atoms with van der Waals surface area (Å²) in [6.45, 7) is 9.35. The van der Waals surface area contributed by atoms with Crippen LogP contribution < -0.4 is 4.90 Å². The highest BCUT2D eigenvalue weighted by atomic mass is 19.4. The van der Waals surface area contributed by atoms with Crippen LogP contribution in [-0.4, -0.2) is 44.9 Å².